The number of nitrogens with zero attached hydrogens (tertiary/aromatic N) is 1. The first kappa shape index (κ1) is 27.9. The van der Waals surface area contributed by atoms with Gasteiger partial charge in [-0.25, -0.2) is 0 Å². The fourth-order valence-corrected chi connectivity index (χ4v) is 8.53. The number of para-hydroxylation sites is 2. The van der Waals surface area contributed by atoms with Gasteiger partial charge in [0, 0.05) is 53.6 Å². The summed E-state index contributed by atoms with van der Waals surface area (Å²) in [5.41, 5.74) is 10.2. The van der Waals surface area contributed by atoms with Crippen LogP contribution in [-0.2, 0) is 0 Å². The molecule has 0 radical (unpaired) electrons. The molecule has 0 bridgehead atoms. The zero-order valence-electron chi connectivity index (χ0n) is 26.5. The van der Waals surface area contributed by atoms with Crippen LogP contribution in [-0.4, -0.2) is 0 Å². The monoisotopic (exact) mass is 643 g/mol. The van der Waals surface area contributed by atoms with Gasteiger partial charge in [-0.15, -0.1) is 11.3 Å². The Labute approximate surface area is 288 Å². The lowest BCUT2D eigenvalue weighted by atomic mass is 9.92. The van der Waals surface area contributed by atoms with E-state index in [-0.39, 0.29) is 0 Å². The summed E-state index contributed by atoms with van der Waals surface area (Å²) in [6.45, 7) is 0. The molecule has 1 aliphatic heterocycles. The predicted molar refractivity (Wildman–Crippen MR) is 208 cm³/mol. The van der Waals surface area contributed by atoms with Crippen molar-refractivity contribution in [2.24, 2.45) is 0 Å². The van der Waals surface area contributed by atoms with E-state index in [2.05, 4.69) is 181 Å². The number of anilines is 3. The fraction of sp³-hybridized carbons (Fsp3) is 0. The number of hydrogen-bond acceptors (Lipinski definition) is 3. The SMILES string of the molecule is c1ccc(-c2ccccc2N(c2ccc3c(c2)-c2ccccc2Oc2c-3ccc3ccccc23)c2ccc3c(c2)sc2ccccc23)cc1. The van der Waals surface area contributed by atoms with Gasteiger partial charge in [-0.05, 0) is 70.6 Å². The van der Waals surface area contributed by atoms with Gasteiger partial charge in [0.1, 0.15) is 11.5 Å². The van der Waals surface area contributed by atoms with E-state index in [4.69, 9.17) is 4.74 Å². The van der Waals surface area contributed by atoms with Gasteiger partial charge in [0.2, 0.25) is 0 Å². The fourth-order valence-electron chi connectivity index (χ4n) is 7.39. The summed E-state index contributed by atoms with van der Waals surface area (Å²) in [7, 11) is 0. The van der Waals surface area contributed by atoms with Crippen molar-refractivity contribution in [3.05, 3.63) is 176 Å². The van der Waals surface area contributed by atoms with Crippen LogP contribution in [0.5, 0.6) is 11.5 Å². The number of fused-ring (bicyclic) bond motifs is 10. The summed E-state index contributed by atoms with van der Waals surface area (Å²) < 4.78 is 9.39. The Morgan fingerprint density at radius 1 is 0.408 bits per heavy atom. The third kappa shape index (κ3) is 4.55. The van der Waals surface area contributed by atoms with Crippen molar-refractivity contribution in [3.8, 4) is 44.9 Å². The molecule has 0 saturated heterocycles. The molecule has 8 aromatic carbocycles. The van der Waals surface area contributed by atoms with Crippen LogP contribution < -0.4 is 9.64 Å². The van der Waals surface area contributed by atoms with Crippen LogP contribution in [0.15, 0.2) is 176 Å². The van der Waals surface area contributed by atoms with Gasteiger partial charge in [-0.2, -0.15) is 0 Å². The van der Waals surface area contributed by atoms with Crippen LogP contribution in [0.4, 0.5) is 17.1 Å². The van der Waals surface area contributed by atoms with Gasteiger partial charge >= 0.3 is 0 Å². The smallest absolute Gasteiger partial charge is 0.143 e. The summed E-state index contributed by atoms with van der Waals surface area (Å²) in [6, 6.07) is 63.2. The van der Waals surface area contributed by atoms with E-state index in [1.807, 2.05) is 11.3 Å². The summed E-state index contributed by atoms with van der Waals surface area (Å²) >= 11 is 1.85. The normalized spacial score (nSPS) is 11.8. The first-order valence-corrected chi connectivity index (χ1v) is 17.4. The summed E-state index contributed by atoms with van der Waals surface area (Å²) in [5, 5.41) is 4.87. The maximum atomic E-state index is 6.81. The molecule has 0 amide bonds. The quantitative estimate of drug-likeness (QED) is 0.189. The van der Waals surface area contributed by atoms with Gasteiger partial charge in [-0.3, -0.25) is 0 Å². The number of hydrogen-bond donors (Lipinski definition) is 0. The van der Waals surface area contributed by atoms with E-state index in [0.29, 0.717) is 0 Å². The maximum Gasteiger partial charge on any atom is 0.143 e. The highest BCUT2D eigenvalue weighted by atomic mass is 32.1. The summed E-state index contributed by atoms with van der Waals surface area (Å²) in [5.74, 6) is 1.76. The molecule has 230 valence electrons. The zero-order chi connectivity index (χ0) is 32.3. The molecule has 2 heterocycles. The molecule has 0 N–H and O–H groups in total. The first-order chi connectivity index (χ1) is 24.3. The van der Waals surface area contributed by atoms with Crippen molar-refractivity contribution in [3.63, 3.8) is 0 Å². The highest BCUT2D eigenvalue weighted by Crippen LogP contribution is 2.51. The molecule has 0 atom stereocenters. The standard InChI is InChI=1S/C46H29NOS/c1-2-12-30(13-3-1)34-15-6-9-19-42(34)47(33-24-27-39-38-18-8-11-21-44(38)49-45(39)29-33)32-23-26-36-40-25-22-31-14-4-5-16-35(31)46(40)48-43-20-10-7-17-37(43)41(36)28-32/h1-29H. The minimum atomic E-state index is 0.860. The lowest BCUT2D eigenvalue weighted by Gasteiger charge is -2.29. The van der Waals surface area contributed by atoms with Crippen molar-refractivity contribution in [1.82, 2.24) is 0 Å². The molecule has 10 rings (SSSR count). The Morgan fingerprint density at radius 2 is 1.08 bits per heavy atom. The van der Waals surface area contributed by atoms with Gasteiger partial charge in [0.15, 0.2) is 0 Å². The van der Waals surface area contributed by atoms with Crippen molar-refractivity contribution in [1.29, 1.82) is 0 Å². The molecular weight excluding hydrogens is 615 g/mol. The Balaban J connectivity index is 1.24. The predicted octanol–water partition coefficient (Wildman–Crippen LogP) is 13.8. The number of benzene rings is 8. The van der Waals surface area contributed by atoms with Crippen LogP contribution in [0, 0.1) is 0 Å². The Morgan fingerprint density at radius 3 is 2.00 bits per heavy atom. The van der Waals surface area contributed by atoms with E-state index in [9.17, 15) is 0 Å². The molecule has 2 nitrogen and oxygen atoms in total. The topological polar surface area (TPSA) is 12.5 Å². The van der Waals surface area contributed by atoms with Crippen LogP contribution in [0.2, 0.25) is 0 Å². The molecule has 0 fully saturated rings. The molecule has 49 heavy (non-hydrogen) atoms. The molecule has 1 aliphatic rings. The van der Waals surface area contributed by atoms with E-state index in [0.717, 1.165) is 56.2 Å². The van der Waals surface area contributed by atoms with Gasteiger partial charge < -0.3 is 9.64 Å². The van der Waals surface area contributed by atoms with Crippen molar-refractivity contribution in [2.45, 2.75) is 0 Å². The second-order valence-corrected chi connectivity index (χ2v) is 13.6. The lowest BCUT2D eigenvalue weighted by Crippen LogP contribution is -2.11. The molecular formula is C46H29NOS. The second-order valence-electron chi connectivity index (χ2n) is 12.5. The van der Waals surface area contributed by atoms with Crippen LogP contribution in [0.1, 0.15) is 0 Å². The van der Waals surface area contributed by atoms with E-state index in [1.165, 1.54) is 36.7 Å². The van der Waals surface area contributed by atoms with Crippen molar-refractivity contribution in [2.75, 3.05) is 4.90 Å². The van der Waals surface area contributed by atoms with E-state index < -0.39 is 0 Å². The Kier molecular flexibility index (Phi) is 6.39. The largest absolute Gasteiger partial charge is 0.455 e. The zero-order valence-corrected chi connectivity index (χ0v) is 27.3. The number of thiophene rings is 1. The molecule has 0 spiro atoms. The number of rotatable bonds is 4. The molecule has 1 aromatic heterocycles. The molecule has 0 saturated carbocycles. The van der Waals surface area contributed by atoms with Gasteiger partial charge in [-0.1, -0.05) is 127 Å². The highest BCUT2D eigenvalue weighted by molar-refractivity contribution is 7.25. The van der Waals surface area contributed by atoms with Gasteiger partial charge in [0.25, 0.3) is 0 Å². The van der Waals surface area contributed by atoms with E-state index >= 15 is 0 Å². The molecule has 0 unspecified atom stereocenters. The molecule has 0 aliphatic carbocycles. The maximum absolute atomic E-state index is 6.81. The number of ether oxygens (including phenoxy) is 1. The average molecular weight is 644 g/mol. The summed E-state index contributed by atoms with van der Waals surface area (Å²) in [6.07, 6.45) is 0. The van der Waals surface area contributed by atoms with Gasteiger partial charge in [0.05, 0.1) is 5.69 Å². The highest BCUT2D eigenvalue weighted by Gasteiger charge is 2.25. The van der Waals surface area contributed by atoms with Crippen LogP contribution >= 0.6 is 11.3 Å². The Bertz CT molecular complexity index is 2710. The average Bonchev–Trinajstić information content (AvgIpc) is 3.47. The summed E-state index contributed by atoms with van der Waals surface area (Å²) in [4.78, 5) is 2.42. The van der Waals surface area contributed by atoms with Crippen molar-refractivity contribution < 1.29 is 4.74 Å². The minimum absolute atomic E-state index is 0.860. The molecule has 3 heteroatoms. The van der Waals surface area contributed by atoms with Crippen LogP contribution in [0.3, 0.4) is 0 Å². The van der Waals surface area contributed by atoms with Crippen LogP contribution in [0.25, 0.3) is 64.3 Å². The lowest BCUT2D eigenvalue weighted by molar-refractivity contribution is 0.493. The van der Waals surface area contributed by atoms with E-state index in [1.54, 1.807) is 0 Å². The third-order valence-corrected chi connectivity index (χ3v) is 10.8. The molecule has 9 aromatic rings. The van der Waals surface area contributed by atoms with Crippen molar-refractivity contribution >= 4 is 59.3 Å². The first-order valence-electron chi connectivity index (χ1n) is 16.6. The second kappa shape index (κ2) is 11.2. The Hall–Kier alpha value is -6.16. The minimum Gasteiger partial charge on any atom is -0.455 e. The third-order valence-electron chi connectivity index (χ3n) is 9.67.